The van der Waals surface area contributed by atoms with Gasteiger partial charge in [-0.1, -0.05) is 35.5 Å². The van der Waals surface area contributed by atoms with Gasteiger partial charge in [0.25, 0.3) is 0 Å². The number of hydrogen-bond donors (Lipinski definition) is 2. The first-order valence-electron chi connectivity index (χ1n) is 8.61. The Hall–Kier alpha value is -2.90. The molecule has 0 unspecified atom stereocenters. The van der Waals surface area contributed by atoms with E-state index in [1.165, 1.54) is 11.8 Å². The molecule has 6 nitrogen and oxygen atoms in total. The lowest BCUT2D eigenvalue weighted by molar-refractivity contribution is 0.0696. The number of aryl methyl sites for hydroxylation is 1. The minimum Gasteiger partial charge on any atom is -0.478 e. The third-order valence-corrected chi connectivity index (χ3v) is 5.78. The van der Waals surface area contributed by atoms with Gasteiger partial charge in [0, 0.05) is 28.0 Å². The van der Waals surface area contributed by atoms with E-state index in [1.807, 2.05) is 46.6 Å². The van der Waals surface area contributed by atoms with Crippen LogP contribution in [0.2, 0.25) is 5.02 Å². The third kappa shape index (κ3) is 3.23. The van der Waals surface area contributed by atoms with Crippen LogP contribution in [0.25, 0.3) is 16.6 Å². The van der Waals surface area contributed by atoms with Gasteiger partial charge in [0.1, 0.15) is 5.82 Å². The van der Waals surface area contributed by atoms with E-state index in [-0.39, 0.29) is 5.56 Å². The van der Waals surface area contributed by atoms with Crippen molar-refractivity contribution in [3.63, 3.8) is 0 Å². The Balaban J connectivity index is 1.88. The zero-order chi connectivity index (χ0) is 19.8. The lowest BCUT2D eigenvalue weighted by atomic mass is 10.2. The Morgan fingerprint density at radius 3 is 2.82 bits per heavy atom. The van der Waals surface area contributed by atoms with Gasteiger partial charge in [-0.05, 0) is 37.3 Å². The lowest BCUT2D eigenvalue weighted by Crippen LogP contribution is -2.00. The molecule has 2 heterocycles. The smallest absolute Gasteiger partial charge is 0.335 e. The van der Waals surface area contributed by atoms with Crippen LogP contribution < -0.4 is 5.73 Å². The number of hydrogen-bond acceptors (Lipinski definition) is 4. The number of nitrogen functional groups attached to an aromatic ring is 1. The molecule has 0 radical (unpaired) electrons. The van der Waals surface area contributed by atoms with Crippen molar-refractivity contribution in [3.05, 3.63) is 65.4 Å². The molecule has 0 aliphatic heterocycles. The van der Waals surface area contributed by atoms with Gasteiger partial charge in [0.15, 0.2) is 0 Å². The molecule has 2 aromatic heterocycles. The standard InChI is InChI=1S/C20H17ClN4O2S/c1-2-24-11-14(10-23-24)25-17-9-13(21)6-7-16(17)18(19(25)22)28-15-5-3-4-12(8-15)20(26)27/h3-11H,2,22H2,1H3,(H,26,27). The molecule has 0 spiro atoms. The van der Waals surface area contributed by atoms with Crippen LogP contribution in [0.1, 0.15) is 17.3 Å². The fraction of sp³-hybridized carbons (Fsp3) is 0.100. The lowest BCUT2D eigenvalue weighted by Gasteiger charge is -2.06. The van der Waals surface area contributed by atoms with Crippen LogP contribution in [0.3, 0.4) is 0 Å². The predicted molar refractivity (Wildman–Crippen MR) is 112 cm³/mol. The number of halogens is 1. The molecule has 4 rings (SSSR count). The third-order valence-electron chi connectivity index (χ3n) is 4.42. The number of aromatic nitrogens is 3. The molecule has 0 saturated carbocycles. The van der Waals surface area contributed by atoms with E-state index >= 15 is 0 Å². The van der Waals surface area contributed by atoms with Crippen molar-refractivity contribution in [2.75, 3.05) is 5.73 Å². The highest BCUT2D eigenvalue weighted by Crippen LogP contribution is 2.42. The normalized spacial score (nSPS) is 11.2. The molecule has 3 N–H and O–H groups in total. The zero-order valence-electron chi connectivity index (χ0n) is 15.0. The Kier molecular flexibility index (Phi) is 4.78. The van der Waals surface area contributed by atoms with Gasteiger partial charge in [-0.15, -0.1) is 0 Å². The number of anilines is 1. The highest BCUT2D eigenvalue weighted by molar-refractivity contribution is 7.99. The highest BCUT2D eigenvalue weighted by Gasteiger charge is 2.19. The van der Waals surface area contributed by atoms with Crippen molar-refractivity contribution in [1.29, 1.82) is 0 Å². The fourth-order valence-electron chi connectivity index (χ4n) is 3.09. The fourth-order valence-corrected chi connectivity index (χ4v) is 4.30. The first-order chi connectivity index (χ1) is 13.5. The van der Waals surface area contributed by atoms with E-state index in [2.05, 4.69) is 5.10 Å². The second-order valence-corrected chi connectivity index (χ2v) is 7.72. The SMILES string of the molecule is CCn1cc(-n2c(N)c(Sc3cccc(C(=O)O)c3)c3ccc(Cl)cc32)cn1. The number of carboxylic acid groups (broad SMARTS) is 1. The maximum Gasteiger partial charge on any atom is 0.335 e. The molecule has 4 aromatic rings. The number of aromatic carboxylic acids is 1. The zero-order valence-corrected chi connectivity index (χ0v) is 16.5. The van der Waals surface area contributed by atoms with Crippen molar-refractivity contribution in [1.82, 2.24) is 14.3 Å². The van der Waals surface area contributed by atoms with Crippen LogP contribution in [0, 0.1) is 0 Å². The van der Waals surface area contributed by atoms with Crippen LogP contribution >= 0.6 is 23.4 Å². The van der Waals surface area contributed by atoms with Gasteiger partial charge in [-0.2, -0.15) is 5.10 Å². The quantitative estimate of drug-likeness (QED) is 0.485. The Morgan fingerprint density at radius 1 is 1.29 bits per heavy atom. The van der Waals surface area contributed by atoms with Crippen LogP contribution in [-0.4, -0.2) is 25.4 Å². The van der Waals surface area contributed by atoms with Gasteiger partial charge in [-0.3, -0.25) is 9.25 Å². The first kappa shape index (κ1) is 18.5. The molecular formula is C20H17ClN4O2S. The summed E-state index contributed by atoms with van der Waals surface area (Å²) in [7, 11) is 0. The minimum absolute atomic E-state index is 0.236. The van der Waals surface area contributed by atoms with Crippen molar-refractivity contribution in [2.45, 2.75) is 23.3 Å². The molecule has 0 aliphatic rings. The number of fused-ring (bicyclic) bond motifs is 1. The van der Waals surface area contributed by atoms with E-state index in [1.54, 1.807) is 24.4 Å². The maximum absolute atomic E-state index is 11.3. The predicted octanol–water partition coefficient (Wildman–Crippen LogP) is 4.93. The van der Waals surface area contributed by atoms with E-state index < -0.39 is 5.97 Å². The summed E-state index contributed by atoms with van der Waals surface area (Å²) in [6.45, 7) is 2.77. The summed E-state index contributed by atoms with van der Waals surface area (Å²) >= 11 is 7.67. The molecule has 0 aliphatic carbocycles. The van der Waals surface area contributed by atoms with Gasteiger partial charge in [0.2, 0.25) is 0 Å². The average Bonchev–Trinajstić information content (AvgIpc) is 3.25. The van der Waals surface area contributed by atoms with E-state index in [4.69, 9.17) is 17.3 Å². The summed E-state index contributed by atoms with van der Waals surface area (Å²) in [6.07, 6.45) is 3.69. The summed E-state index contributed by atoms with van der Waals surface area (Å²) in [5.74, 6) is -0.407. The molecule has 0 fully saturated rings. The van der Waals surface area contributed by atoms with Crippen molar-refractivity contribution in [2.24, 2.45) is 0 Å². The molecular weight excluding hydrogens is 396 g/mol. The number of benzene rings is 2. The number of rotatable bonds is 5. The molecule has 0 atom stereocenters. The Morgan fingerprint density at radius 2 is 2.11 bits per heavy atom. The molecule has 0 bridgehead atoms. The van der Waals surface area contributed by atoms with Gasteiger partial charge < -0.3 is 10.8 Å². The first-order valence-corrected chi connectivity index (χ1v) is 9.81. The Bertz CT molecular complexity index is 1200. The summed E-state index contributed by atoms with van der Waals surface area (Å²) in [5, 5.41) is 15.1. The largest absolute Gasteiger partial charge is 0.478 e. The molecule has 2 aromatic carbocycles. The van der Waals surface area contributed by atoms with Crippen molar-refractivity contribution in [3.8, 4) is 5.69 Å². The number of nitrogens with zero attached hydrogens (tertiary/aromatic N) is 3. The van der Waals surface area contributed by atoms with Crippen LogP contribution in [0.15, 0.2) is 64.6 Å². The molecule has 8 heteroatoms. The van der Waals surface area contributed by atoms with Gasteiger partial charge in [-0.25, -0.2) is 4.79 Å². The summed E-state index contributed by atoms with van der Waals surface area (Å²) in [6, 6.07) is 12.4. The molecule has 0 amide bonds. The maximum atomic E-state index is 11.3. The minimum atomic E-state index is -0.961. The molecule has 142 valence electrons. The van der Waals surface area contributed by atoms with Crippen molar-refractivity contribution >= 4 is 46.1 Å². The summed E-state index contributed by atoms with van der Waals surface area (Å²) in [4.78, 5) is 12.9. The second-order valence-electron chi connectivity index (χ2n) is 6.20. The monoisotopic (exact) mass is 412 g/mol. The Labute approximate surface area is 170 Å². The molecule has 0 saturated heterocycles. The topological polar surface area (TPSA) is 86.1 Å². The number of nitrogens with two attached hydrogens (primary N) is 1. The molecule has 28 heavy (non-hydrogen) atoms. The number of carboxylic acids is 1. The highest BCUT2D eigenvalue weighted by atomic mass is 35.5. The van der Waals surface area contributed by atoms with Crippen molar-refractivity contribution < 1.29 is 9.90 Å². The van der Waals surface area contributed by atoms with E-state index in [9.17, 15) is 9.90 Å². The van der Waals surface area contributed by atoms with E-state index in [0.29, 0.717) is 10.8 Å². The number of carbonyl (C=O) groups is 1. The van der Waals surface area contributed by atoms with E-state index in [0.717, 1.165) is 32.9 Å². The van der Waals surface area contributed by atoms with Gasteiger partial charge >= 0.3 is 5.97 Å². The average molecular weight is 413 g/mol. The second kappa shape index (κ2) is 7.26. The van der Waals surface area contributed by atoms with Crippen LogP contribution in [0.4, 0.5) is 5.82 Å². The summed E-state index contributed by atoms with van der Waals surface area (Å²) in [5.41, 5.74) is 8.49. The van der Waals surface area contributed by atoms with Crippen LogP contribution in [0.5, 0.6) is 0 Å². The summed E-state index contributed by atoms with van der Waals surface area (Å²) < 4.78 is 3.75. The van der Waals surface area contributed by atoms with Crippen LogP contribution in [-0.2, 0) is 6.54 Å². The van der Waals surface area contributed by atoms with Gasteiger partial charge in [0.05, 0.1) is 27.9 Å².